The van der Waals surface area contributed by atoms with Crippen molar-refractivity contribution in [3.63, 3.8) is 0 Å². The van der Waals surface area contributed by atoms with Gasteiger partial charge in [0.05, 0.1) is 5.69 Å². The summed E-state index contributed by atoms with van der Waals surface area (Å²) in [7, 11) is 0. The third-order valence-electron chi connectivity index (χ3n) is 5.06. The number of anilines is 1. The first kappa shape index (κ1) is 19.5. The molecule has 6 nitrogen and oxygen atoms in total. The highest BCUT2D eigenvalue weighted by atomic mass is 16.3. The number of para-hydroxylation sites is 1. The summed E-state index contributed by atoms with van der Waals surface area (Å²) in [5, 5.41) is 12.0. The Hall–Kier alpha value is -4.45. The van der Waals surface area contributed by atoms with E-state index in [2.05, 4.69) is 15.5 Å². The Morgan fingerprint density at radius 2 is 1.59 bits per heavy atom. The summed E-state index contributed by atoms with van der Waals surface area (Å²) in [6.45, 7) is 1.93. The van der Waals surface area contributed by atoms with Crippen molar-refractivity contribution in [3.8, 4) is 17.0 Å². The molecule has 3 aromatic carbocycles. The number of hydrogen-bond acceptors (Lipinski definition) is 4. The van der Waals surface area contributed by atoms with Gasteiger partial charge in [-0.3, -0.25) is 4.79 Å². The summed E-state index contributed by atoms with van der Waals surface area (Å²) in [5.74, 6) is 1.12. The maximum atomic E-state index is 12.5. The van der Waals surface area contributed by atoms with Crippen LogP contribution in [-0.4, -0.2) is 20.9 Å². The van der Waals surface area contributed by atoms with Crippen LogP contribution in [0.2, 0.25) is 0 Å². The van der Waals surface area contributed by atoms with Gasteiger partial charge in [-0.1, -0.05) is 48.5 Å². The zero-order valence-electron chi connectivity index (χ0n) is 17.4. The van der Waals surface area contributed by atoms with Gasteiger partial charge in [-0.2, -0.15) is 4.80 Å². The Labute approximate surface area is 184 Å². The number of amides is 1. The highest BCUT2D eigenvalue weighted by Gasteiger charge is 2.10. The molecule has 2 aromatic heterocycles. The van der Waals surface area contributed by atoms with E-state index in [4.69, 9.17) is 4.42 Å². The molecule has 0 saturated carbocycles. The molecule has 1 amide bonds. The number of carbonyl (C=O) groups excluding carboxylic acids is 1. The van der Waals surface area contributed by atoms with Crippen LogP contribution < -0.4 is 5.32 Å². The van der Waals surface area contributed by atoms with Crippen LogP contribution in [0.5, 0.6) is 0 Å². The van der Waals surface area contributed by atoms with Crippen molar-refractivity contribution < 1.29 is 9.21 Å². The van der Waals surface area contributed by atoms with Crippen LogP contribution in [0.1, 0.15) is 11.3 Å². The van der Waals surface area contributed by atoms with Gasteiger partial charge in [0.2, 0.25) is 5.91 Å². The number of nitrogens with one attached hydrogen (secondary N) is 1. The van der Waals surface area contributed by atoms with E-state index in [0.29, 0.717) is 17.0 Å². The van der Waals surface area contributed by atoms with E-state index in [1.807, 2.05) is 91.9 Å². The van der Waals surface area contributed by atoms with Crippen LogP contribution in [0.15, 0.2) is 95.4 Å². The second kappa shape index (κ2) is 8.35. The fraction of sp³-hybridized carbons (Fsp3) is 0.0385. The lowest BCUT2D eigenvalue weighted by molar-refractivity contribution is -0.111. The van der Waals surface area contributed by atoms with Gasteiger partial charge < -0.3 is 9.73 Å². The number of carbonyl (C=O) groups is 1. The van der Waals surface area contributed by atoms with Gasteiger partial charge in [0, 0.05) is 17.3 Å². The zero-order valence-corrected chi connectivity index (χ0v) is 17.4. The average Bonchev–Trinajstić information content (AvgIpc) is 3.46. The van der Waals surface area contributed by atoms with Gasteiger partial charge in [-0.05, 0) is 55.0 Å². The Morgan fingerprint density at radius 3 is 2.34 bits per heavy atom. The van der Waals surface area contributed by atoms with Crippen molar-refractivity contribution >= 4 is 28.7 Å². The first-order valence-corrected chi connectivity index (χ1v) is 10.2. The first-order valence-electron chi connectivity index (χ1n) is 10.2. The van der Waals surface area contributed by atoms with Gasteiger partial charge in [0.1, 0.15) is 22.6 Å². The Morgan fingerprint density at radius 1 is 0.906 bits per heavy atom. The van der Waals surface area contributed by atoms with Crippen LogP contribution in [0, 0.1) is 6.92 Å². The van der Waals surface area contributed by atoms with E-state index in [9.17, 15) is 4.79 Å². The fourth-order valence-electron chi connectivity index (χ4n) is 3.41. The normalized spacial score (nSPS) is 11.3. The number of aromatic nitrogens is 3. The molecule has 0 aliphatic heterocycles. The number of aryl methyl sites for hydroxylation is 1. The zero-order chi connectivity index (χ0) is 21.9. The molecular formula is C26H20N4O2. The van der Waals surface area contributed by atoms with Gasteiger partial charge in [0.15, 0.2) is 0 Å². The molecule has 156 valence electrons. The molecule has 0 radical (unpaired) electrons. The third kappa shape index (κ3) is 4.06. The topological polar surface area (TPSA) is 73.0 Å². The molecule has 5 aromatic rings. The summed E-state index contributed by atoms with van der Waals surface area (Å²) in [5.41, 5.74) is 4.94. The minimum Gasteiger partial charge on any atom is -0.457 e. The van der Waals surface area contributed by atoms with Gasteiger partial charge >= 0.3 is 0 Å². The second-order valence-electron chi connectivity index (χ2n) is 7.37. The lowest BCUT2D eigenvalue weighted by Crippen LogP contribution is -2.08. The van der Waals surface area contributed by atoms with Gasteiger partial charge in [0.25, 0.3) is 0 Å². The van der Waals surface area contributed by atoms with E-state index in [-0.39, 0.29) is 5.91 Å². The molecule has 32 heavy (non-hydrogen) atoms. The summed E-state index contributed by atoms with van der Waals surface area (Å²) in [4.78, 5) is 14.1. The van der Waals surface area contributed by atoms with E-state index in [1.165, 1.54) is 6.08 Å². The van der Waals surface area contributed by atoms with Gasteiger partial charge in [-0.25, -0.2) is 0 Å². The lowest BCUT2D eigenvalue weighted by atomic mass is 10.1. The fourth-order valence-corrected chi connectivity index (χ4v) is 3.41. The van der Waals surface area contributed by atoms with Crippen molar-refractivity contribution in [1.82, 2.24) is 15.0 Å². The van der Waals surface area contributed by atoms with E-state index in [0.717, 1.165) is 28.1 Å². The highest BCUT2D eigenvalue weighted by Crippen LogP contribution is 2.24. The van der Waals surface area contributed by atoms with E-state index in [1.54, 1.807) is 10.9 Å². The monoisotopic (exact) mass is 420 g/mol. The van der Waals surface area contributed by atoms with Crippen molar-refractivity contribution in [2.45, 2.75) is 6.92 Å². The Balaban J connectivity index is 1.32. The number of hydrogen-bond donors (Lipinski definition) is 1. The smallest absolute Gasteiger partial charge is 0.248 e. The Bertz CT molecular complexity index is 1420. The molecule has 0 atom stereocenters. The molecule has 0 aliphatic carbocycles. The van der Waals surface area contributed by atoms with Crippen LogP contribution in [0.3, 0.4) is 0 Å². The predicted molar refractivity (Wildman–Crippen MR) is 125 cm³/mol. The molecule has 0 aliphatic rings. The molecule has 0 spiro atoms. The van der Waals surface area contributed by atoms with Gasteiger partial charge in [-0.15, -0.1) is 10.2 Å². The summed E-state index contributed by atoms with van der Waals surface area (Å²) < 4.78 is 5.81. The number of benzene rings is 3. The van der Waals surface area contributed by atoms with Crippen molar-refractivity contribution in [1.29, 1.82) is 0 Å². The minimum absolute atomic E-state index is 0.249. The van der Waals surface area contributed by atoms with Crippen LogP contribution >= 0.6 is 0 Å². The second-order valence-corrected chi connectivity index (χ2v) is 7.37. The molecular weight excluding hydrogens is 400 g/mol. The van der Waals surface area contributed by atoms with Crippen molar-refractivity contribution in [2.24, 2.45) is 0 Å². The molecule has 0 saturated heterocycles. The molecule has 0 bridgehead atoms. The number of nitrogens with zero attached hydrogens (tertiary/aromatic N) is 3. The minimum atomic E-state index is -0.249. The molecule has 0 unspecified atom stereocenters. The summed E-state index contributed by atoms with van der Waals surface area (Å²) >= 11 is 0. The average molecular weight is 420 g/mol. The predicted octanol–water partition coefficient (Wildman–Crippen LogP) is 5.64. The van der Waals surface area contributed by atoms with Crippen LogP contribution in [0.25, 0.3) is 34.1 Å². The Kier molecular flexibility index (Phi) is 5.09. The van der Waals surface area contributed by atoms with Crippen LogP contribution in [0.4, 0.5) is 5.69 Å². The molecule has 5 rings (SSSR count). The number of furan rings is 1. The van der Waals surface area contributed by atoms with Crippen molar-refractivity contribution in [2.75, 3.05) is 5.32 Å². The standard InChI is InChI=1S/C26H20N4O2/c1-18-16-23-24(29-30(28-23)20-10-6-3-7-11-20)17-22(18)27-26(31)15-13-21-12-14-25(32-21)19-8-4-2-5-9-19/h2-17H,1H3,(H,27,31)/b15-13+. The first-order chi connectivity index (χ1) is 15.7. The van der Waals surface area contributed by atoms with E-state index >= 15 is 0 Å². The van der Waals surface area contributed by atoms with Crippen LogP contribution in [-0.2, 0) is 4.79 Å². The highest BCUT2D eigenvalue weighted by molar-refractivity contribution is 6.03. The quantitative estimate of drug-likeness (QED) is 0.374. The summed E-state index contributed by atoms with van der Waals surface area (Å²) in [6.07, 6.45) is 3.11. The molecule has 2 heterocycles. The lowest BCUT2D eigenvalue weighted by Gasteiger charge is -2.05. The van der Waals surface area contributed by atoms with E-state index < -0.39 is 0 Å². The maximum Gasteiger partial charge on any atom is 0.248 e. The third-order valence-corrected chi connectivity index (χ3v) is 5.06. The SMILES string of the molecule is Cc1cc2nn(-c3ccccc3)nc2cc1NC(=O)/C=C/c1ccc(-c2ccccc2)o1. The molecule has 6 heteroatoms. The summed E-state index contributed by atoms with van der Waals surface area (Å²) in [6, 6.07) is 27.0. The maximum absolute atomic E-state index is 12.5. The molecule has 0 fully saturated rings. The van der Waals surface area contributed by atoms with Crippen molar-refractivity contribution in [3.05, 3.63) is 102 Å². The number of fused-ring (bicyclic) bond motifs is 1. The molecule has 1 N–H and O–H groups in total. The number of rotatable bonds is 5. The largest absolute Gasteiger partial charge is 0.457 e.